The maximum atomic E-state index is 10.5. The maximum absolute atomic E-state index is 10.5. The van der Waals surface area contributed by atoms with Gasteiger partial charge in [0.1, 0.15) is 5.56 Å². The van der Waals surface area contributed by atoms with Gasteiger partial charge in [0.15, 0.2) is 11.5 Å². The van der Waals surface area contributed by atoms with Crippen LogP contribution in [0.15, 0.2) is 18.2 Å². The molecule has 0 saturated heterocycles. The highest BCUT2D eigenvalue weighted by Gasteiger charge is 2.19. The molecule has 106 valence electrons. The Kier molecular flexibility index (Phi) is 5.67. The molecule has 2 aliphatic heterocycles. The van der Waals surface area contributed by atoms with Crippen molar-refractivity contribution >= 4 is 5.97 Å². The van der Waals surface area contributed by atoms with E-state index in [0.29, 0.717) is 5.75 Å². The summed E-state index contributed by atoms with van der Waals surface area (Å²) in [6, 6.07) is 4.62. The predicted octanol–water partition coefficient (Wildman–Crippen LogP) is 4.15. The highest BCUT2D eigenvalue weighted by molar-refractivity contribution is 5.91. The van der Waals surface area contributed by atoms with Gasteiger partial charge in [-0.05, 0) is 24.0 Å². The van der Waals surface area contributed by atoms with Crippen molar-refractivity contribution in [2.45, 2.75) is 40.5 Å². The molecule has 19 heavy (non-hydrogen) atoms. The van der Waals surface area contributed by atoms with E-state index < -0.39 is 5.97 Å². The summed E-state index contributed by atoms with van der Waals surface area (Å²) in [6.45, 7) is 9.12. The summed E-state index contributed by atoms with van der Waals surface area (Å²) < 4.78 is 0. The normalized spacial score (nSPS) is 11.7. The average molecular weight is 266 g/mol. The van der Waals surface area contributed by atoms with Gasteiger partial charge < -0.3 is 5.11 Å². The Morgan fingerprint density at radius 1 is 1.11 bits per heavy atom. The number of fused-ring (bicyclic) bond motifs is 3. The van der Waals surface area contributed by atoms with Crippen LogP contribution in [-0.2, 0) is 0 Å². The fourth-order valence-electron chi connectivity index (χ4n) is 1.56. The van der Waals surface area contributed by atoms with Gasteiger partial charge in [0.25, 0.3) is 0 Å². The first-order valence-electron chi connectivity index (χ1n) is 6.62. The zero-order valence-corrected chi connectivity index (χ0v) is 12.0. The topological polar surface area (TPSA) is 55.8 Å². The van der Waals surface area contributed by atoms with Gasteiger partial charge in [0.05, 0.1) is 0 Å². The van der Waals surface area contributed by atoms with E-state index in [0.717, 1.165) is 11.8 Å². The van der Waals surface area contributed by atoms with Gasteiger partial charge in [-0.1, -0.05) is 40.5 Å². The summed E-state index contributed by atoms with van der Waals surface area (Å²) in [5.74, 6) is 1.42. The van der Waals surface area contributed by atoms with Crippen LogP contribution < -0.4 is 9.78 Å². The molecule has 0 atom stereocenters. The van der Waals surface area contributed by atoms with E-state index in [1.165, 1.54) is 18.9 Å². The second kappa shape index (κ2) is 7.02. The maximum Gasteiger partial charge on any atom is 0.339 e. The molecule has 0 fully saturated rings. The fraction of sp³-hybridized carbons (Fsp3) is 0.533. The van der Waals surface area contributed by atoms with Crippen LogP contribution in [0.3, 0.4) is 0 Å². The smallest absolute Gasteiger partial charge is 0.339 e. The third-order valence-corrected chi connectivity index (χ3v) is 2.73. The van der Waals surface area contributed by atoms with Gasteiger partial charge >= 0.3 is 5.97 Å². The molecular formula is C15H22O4. The van der Waals surface area contributed by atoms with E-state index >= 15 is 0 Å². The number of aromatic carboxylic acids is 1. The van der Waals surface area contributed by atoms with Gasteiger partial charge in [-0.25, -0.2) is 4.79 Å². The Morgan fingerprint density at radius 2 is 1.68 bits per heavy atom. The van der Waals surface area contributed by atoms with E-state index in [4.69, 9.17) is 5.11 Å². The van der Waals surface area contributed by atoms with Gasteiger partial charge in [-0.3, -0.25) is 9.78 Å². The lowest BCUT2D eigenvalue weighted by Crippen LogP contribution is -2.11. The molecule has 0 spiro atoms. The van der Waals surface area contributed by atoms with Gasteiger partial charge in [-0.2, -0.15) is 0 Å². The molecule has 2 bridgehead atoms. The molecular weight excluding hydrogens is 244 g/mol. The minimum absolute atomic E-state index is 0.133. The zero-order chi connectivity index (χ0) is 14.4. The average Bonchev–Trinajstić information content (AvgIpc) is 2.38. The Bertz CT molecular complexity index is 416. The highest BCUT2D eigenvalue weighted by Crippen LogP contribution is 2.29. The third-order valence-electron chi connectivity index (χ3n) is 2.73. The molecule has 0 radical (unpaired) electrons. The van der Waals surface area contributed by atoms with Crippen LogP contribution in [0, 0.1) is 11.8 Å². The molecule has 0 aromatic heterocycles. The summed E-state index contributed by atoms with van der Waals surface area (Å²) in [4.78, 5) is 19.7. The molecule has 1 aromatic rings. The first-order valence-corrected chi connectivity index (χ1v) is 6.62. The number of hydrogen-bond donors (Lipinski definition) is 1. The molecule has 1 aromatic carbocycles. The van der Waals surface area contributed by atoms with Gasteiger partial charge in [0.2, 0.25) is 0 Å². The quantitative estimate of drug-likeness (QED) is 0.832. The number of hydrogen-bond acceptors (Lipinski definition) is 3. The van der Waals surface area contributed by atoms with Crippen LogP contribution in [0.1, 0.15) is 50.9 Å². The Balaban J connectivity index is 0.000000203. The van der Waals surface area contributed by atoms with Crippen LogP contribution in [0.4, 0.5) is 0 Å². The molecule has 2 aliphatic rings. The molecule has 0 saturated carbocycles. The molecule has 0 aliphatic carbocycles. The van der Waals surface area contributed by atoms with E-state index in [-0.39, 0.29) is 11.3 Å². The molecule has 4 nitrogen and oxygen atoms in total. The molecule has 3 rings (SSSR count). The summed E-state index contributed by atoms with van der Waals surface area (Å²) in [5.41, 5.74) is 0.133. The van der Waals surface area contributed by atoms with Crippen LogP contribution in [0.2, 0.25) is 0 Å². The number of carboxylic acid groups (broad SMARTS) is 1. The van der Waals surface area contributed by atoms with Crippen molar-refractivity contribution in [3.8, 4) is 11.5 Å². The Labute approximate surface area is 114 Å². The lowest BCUT2D eigenvalue weighted by Gasteiger charge is -2.14. The second-order valence-electron chi connectivity index (χ2n) is 5.49. The SMILES string of the molecule is CC(C)CCC(C)C.O=C(O)c1cc2ccc1OO2. The van der Waals surface area contributed by atoms with Crippen molar-refractivity contribution < 1.29 is 19.7 Å². The highest BCUT2D eigenvalue weighted by atomic mass is 17.2. The third kappa shape index (κ3) is 5.20. The van der Waals surface area contributed by atoms with E-state index in [1.807, 2.05) is 0 Å². The molecule has 0 amide bonds. The number of carboxylic acids is 1. The Hall–Kier alpha value is -1.71. The fourth-order valence-corrected chi connectivity index (χ4v) is 1.56. The van der Waals surface area contributed by atoms with Crippen molar-refractivity contribution in [1.29, 1.82) is 0 Å². The number of rotatable bonds is 4. The van der Waals surface area contributed by atoms with Crippen molar-refractivity contribution in [2.24, 2.45) is 11.8 Å². The largest absolute Gasteiger partial charge is 0.478 e. The minimum atomic E-state index is -1.01. The van der Waals surface area contributed by atoms with Crippen molar-refractivity contribution in [1.82, 2.24) is 0 Å². The summed E-state index contributed by atoms with van der Waals surface area (Å²) >= 11 is 0. The number of carbonyl (C=O) groups is 1. The second-order valence-corrected chi connectivity index (χ2v) is 5.49. The molecule has 2 heterocycles. The van der Waals surface area contributed by atoms with Gasteiger partial charge in [0, 0.05) is 6.07 Å². The summed E-state index contributed by atoms with van der Waals surface area (Å²) in [6.07, 6.45) is 2.77. The summed E-state index contributed by atoms with van der Waals surface area (Å²) in [7, 11) is 0. The molecule has 0 unspecified atom stereocenters. The zero-order valence-electron chi connectivity index (χ0n) is 12.0. The predicted molar refractivity (Wildman–Crippen MR) is 73.6 cm³/mol. The lowest BCUT2D eigenvalue weighted by atomic mass is 10.0. The lowest BCUT2D eigenvalue weighted by molar-refractivity contribution is -0.108. The van der Waals surface area contributed by atoms with Crippen molar-refractivity contribution in [3.63, 3.8) is 0 Å². The van der Waals surface area contributed by atoms with E-state index in [1.54, 1.807) is 12.1 Å². The van der Waals surface area contributed by atoms with Crippen LogP contribution in [0.5, 0.6) is 11.5 Å². The van der Waals surface area contributed by atoms with Crippen LogP contribution in [0.25, 0.3) is 0 Å². The van der Waals surface area contributed by atoms with Crippen LogP contribution in [-0.4, -0.2) is 11.1 Å². The first-order chi connectivity index (χ1) is 8.90. The Morgan fingerprint density at radius 3 is 1.89 bits per heavy atom. The van der Waals surface area contributed by atoms with E-state index in [9.17, 15) is 4.79 Å². The first kappa shape index (κ1) is 15.3. The van der Waals surface area contributed by atoms with Crippen molar-refractivity contribution in [2.75, 3.05) is 0 Å². The standard InChI is InChI=1S/C8H18.C7H4O4/c1-7(2)5-6-8(3)4;8-7(9)5-3-4-1-2-6(5)11-10-4/h7-8H,5-6H2,1-4H3;1-3H,(H,8,9). The number of benzene rings is 1. The molecule has 4 heteroatoms. The van der Waals surface area contributed by atoms with Gasteiger partial charge in [-0.15, -0.1) is 0 Å². The monoisotopic (exact) mass is 266 g/mol. The van der Waals surface area contributed by atoms with E-state index in [2.05, 4.69) is 37.5 Å². The van der Waals surface area contributed by atoms with Crippen LogP contribution >= 0.6 is 0 Å². The molecule has 1 N–H and O–H groups in total. The summed E-state index contributed by atoms with van der Waals surface area (Å²) in [5, 5.41) is 8.59. The minimum Gasteiger partial charge on any atom is -0.478 e. The van der Waals surface area contributed by atoms with Crippen molar-refractivity contribution in [3.05, 3.63) is 23.8 Å².